The maximum Gasteiger partial charge on any atom is 0.0333 e. The van der Waals surface area contributed by atoms with Crippen LogP contribution in [-0.2, 0) is 6.54 Å². The number of nitrogens with one attached hydrogen (secondary N) is 1. The van der Waals surface area contributed by atoms with Crippen LogP contribution in [0.25, 0.3) is 0 Å². The minimum absolute atomic E-state index is 0.344. The molecule has 1 atom stereocenters. The molecule has 3 rings (SSSR count). The van der Waals surface area contributed by atoms with Crippen LogP contribution in [0.2, 0.25) is 0 Å². The topological polar surface area (TPSA) is 15.3 Å². The Balaban J connectivity index is 1.76. The fourth-order valence-electron chi connectivity index (χ4n) is 3.84. The summed E-state index contributed by atoms with van der Waals surface area (Å²) in [5, 5.41) is 3.86. The molecule has 0 bridgehead atoms. The van der Waals surface area contributed by atoms with Crippen LogP contribution < -0.4 is 5.32 Å². The van der Waals surface area contributed by atoms with Crippen LogP contribution in [0.1, 0.15) is 50.7 Å². The van der Waals surface area contributed by atoms with E-state index in [1.165, 1.54) is 43.4 Å². The third-order valence-electron chi connectivity index (χ3n) is 5.78. The van der Waals surface area contributed by atoms with E-state index in [9.17, 15) is 0 Å². The summed E-state index contributed by atoms with van der Waals surface area (Å²) < 4.78 is 0. The molecule has 1 aromatic rings. The van der Waals surface area contributed by atoms with Crippen LogP contribution in [0.5, 0.6) is 0 Å². The molecule has 1 saturated carbocycles. The predicted molar refractivity (Wildman–Crippen MR) is 89.4 cm³/mol. The highest BCUT2D eigenvalue weighted by molar-refractivity contribution is 5.22. The SMILES string of the molecule is CCC1(CC)CNC(C2CC2)CN1Cc1ccc(C)cc1. The van der Waals surface area contributed by atoms with Gasteiger partial charge in [-0.2, -0.15) is 0 Å². The van der Waals surface area contributed by atoms with Crippen molar-refractivity contribution in [2.24, 2.45) is 5.92 Å². The largest absolute Gasteiger partial charge is 0.311 e. The van der Waals surface area contributed by atoms with Crippen LogP contribution in [0, 0.1) is 12.8 Å². The van der Waals surface area contributed by atoms with E-state index < -0.39 is 0 Å². The number of aryl methyl sites for hydroxylation is 1. The van der Waals surface area contributed by atoms with Crippen molar-refractivity contribution in [3.8, 4) is 0 Å². The minimum atomic E-state index is 0.344. The van der Waals surface area contributed by atoms with Gasteiger partial charge in [-0.3, -0.25) is 4.90 Å². The Bertz CT molecular complexity index is 457. The number of nitrogens with zero attached hydrogens (tertiary/aromatic N) is 1. The molecule has 2 aliphatic rings. The third kappa shape index (κ3) is 3.17. The Hall–Kier alpha value is -0.860. The average Bonchev–Trinajstić information content (AvgIpc) is 3.34. The molecular weight excluding hydrogens is 256 g/mol. The molecule has 2 heteroatoms. The summed E-state index contributed by atoms with van der Waals surface area (Å²) >= 11 is 0. The lowest BCUT2D eigenvalue weighted by Crippen LogP contribution is -2.64. The maximum atomic E-state index is 3.86. The van der Waals surface area contributed by atoms with Crippen molar-refractivity contribution in [2.45, 2.75) is 64.6 Å². The molecule has 21 heavy (non-hydrogen) atoms. The smallest absolute Gasteiger partial charge is 0.0333 e. The zero-order valence-corrected chi connectivity index (χ0v) is 13.9. The molecule has 0 aromatic heterocycles. The van der Waals surface area contributed by atoms with Gasteiger partial charge in [-0.1, -0.05) is 43.7 Å². The number of rotatable bonds is 5. The van der Waals surface area contributed by atoms with Crippen molar-refractivity contribution >= 4 is 0 Å². The fourth-order valence-corrected chi connectivity index (χ4v) is 3.84. The van der Waals surface area contributed by atoms with Crippen molar-refractivity contribution in [1.82, 2.24) is 10.2 Å². The first-order valence-corrected chi connectivity index (χ1v) is 8.71. The molecule has 116 valence electrons. The van der Waals surface area contributed by atoms with Gasteiger partial charge in [0.2, 0.25) is 0 Å². The Morgan fingerprint density at radius 1 is 1.14 bits per heavy atom. The van der Waals surface area contributed by atoms with Gasteiger partial charge in [0.1, 0.15) is 0 Å². The van der Waals surface area contributed by atoms with E-state index in [1.54, 1.807) is 0 Å². The predicted octanol–water partition coefficient (Wildman–Crippen LogP) is 3.74. The molecule has 2 fully saturated rings. The van der Waals surface area contributed by atoms with Crippen molar-refractivity contribution < 1.29 is 0 Å². The van der Waals surface area contributed by atoms with Crippen LogP contribution in [0.4, 0.5) is 0 Å². The molecule has 1 saturated heterocycles. The van der Waals surface area contributed by atoms with Gasteiger partial charge in [-0.25, -0.2) is 0 Å². The summed E-state index contributed by atoms with van der Waals surface area (Å²) in [7, 11) is 0. The number of hydrogen-bond donors (Lipinski definition) is 1. The minimum Gasteiger partial charge on any atom is -0.311 e. The summed E-state index contributed by atoms with van der Waals surface area (Å²) in [4.78, 5) is 2.77. The standard InChI is InChI=1S/C19H30N2/c1-4-19(5-2)14-20-18(17-10-11-17)13-21(19)12-16-8-6-15(3)7-9-16/h6-9,17-18,20H,4-5,10-14H2,1-3H3. The molecule has 1 aliphatic carbocycles. The van der Waals surface area contributed by atoms with E-state index in [1.807, 2.05) is 0 Å². The summed E-state index contributed by atoms with van der Waals surface area (Å²) in [6.07, 6.45) is 5.34. The first-order valence-electron chi connectivity index (χ1n) is 8.71. The summed E-state index contributed by atoms with van der Waals surface area (Å²) in [5.74, 6) is 0.942. The van der Waals surface area contributed by atoms with Crippen LogP contribution in [0.3, 0.4) is 0 Å². The number of hydrogen-bond acceptors (Lipinski definition) is 2. The van der Waals surface area contributed by atoms with Gasteiger partial charge in [-0.15, -0.1) is 0 Å². The van der Waals surface area contributed by atoms with Gasteiger partial charge in [0.25, 0.3) is 0 Å². The highest BCUT2D eigenvalue weighted by Crippen LogP contribution is 2.37. The lowest BCUT2D eigenvalue weighted by Gasteiger charge is -2.50. The quantitative estimate of drug-likeness (QED) is 0.887. The Morgan fingerprint density at radius 2 is 1.81 bits per heavy atom. The van der Waals surface area contributed by atoms with Gasteiger partial charge in [-0.05, 0) is 44.1 Å². The zero-order chi connectivity index (χ0) is 14.9. The maximum absolute atomic E-state index is 3.86. The van der Waals surface area contributed by atoms with E-state index in [4.69, 9.17) is 0 Å². The number of piperazine rings is 1. The van der Waals surface area contributed by atoms with Gasteiger partial charge < -0.3 is 5.32 Å². The average molecular weight is 286 g/mol. The second-order valence-corrected chi connectivity index (χ2v) is 7.12. The molecular formula is C19H30N2. The number of benzene rings is 1. The van der Waals surface area contributed by atoms with Crippen molar-refractivity contribution in [3.63, 3.8) is 0 Å². The molecule has 1 N–H and O–H groups in total. The van der Waals surface area contributed by atoms with Gasteiger partial charge in [0, 0.05) is 31.2 Å². The lowest BCUT2D eigenvalue weighted by atomic mass is 9.86. The van der Waals surface area contributed by atoms with Gasteiger partial charge in [0.15, 0.2) is 0 Å². The molecule has 0 spiro atoms. The molecule has 1 aromatic carbocycles. The van der Waals surface area contributed by atoms with E-state index in [2.05, 4.69) is 55.3 Å². The second kappa shape index (κ2) is 6.10. The Labute approximate surface area is 129 Å². The second-order valence-electron chi connectivity index (χ2n) is 7.12. The normalized spacial score (nSPS) is 26.0. The van der Waals surface area contributed by atoms with E-state index in [-0.39, 0.29) is 0 Å². The molecule has 1 unspecified atom stereocenters. The van der Waals surface area contributed by atoms with Crippen molar-refractivity contribution in [2.75, 3.05) is 13.1 Å². The van der Waals surface area contributed by atoms with Crippen LogP contribution >= 0.6 is 0 Å². The lowest BCUT2D eigenvalue weighted by molar-refractivity contribution is 0.0203. The van der Waals surface area contributed by atoms with Crippen molar-refractivity contribution in [1.29, 1.82) is 0 Å². The summed E-state index contributed by atoms with van der Waals surface area (Å²) in [6, 6.07) is 9.83. The van der Waals surface area contributed by atoms with E-state index in [0.717, 1.165) is 25.0 Å². The first kappa shape index (κ1) is 15.1. The van der Waals surface area contributed by atoms with Gasteiger partial charge >= 0.3 is 0 Å². The monoisotopic (exact) mass is 286 g/mol. The zero-order valence-electron chi connectivity index (χ0n) is 13.9. The van der Waals surface area contributed by atoms with E-state index in [0.29, 0.717) is 5.54 Å². The highest BCUT2D eigenvalue weighted by Gasteiger charge is 2.43. The molecule has 1 heterocycles. The highest BCUT2D eigenvalue weighted by atomic mass is 15.3. The van der Waals surface area contributed by atoms with E-state index >= 15 is 0 Å². The summed E-state index contributed by atoms with van der Waals surface area (Å²) in [6.45, 7) is 10.4. The molecule has 0 radical (unpaired) electrons. The fraction of sp³-hybridized carbons (Fsp3) is 0.684. The molecule has 1 aliphatic heterocycles. The first-order chi connectivity index (χ1) is 10.2. The Kier molecular flexibility index (Phi) is 4.37. The third-order valence-corrected chi connectivity index (χ3v) is 5.78. The summed E-state index contributed by atoms with van der Waals surface area (Å²) in [5.41, 5.74) is 3.16. The molecule has 0 amide bonds. The Morgan fingerprint density at radius 3 is 2.38 bits per heavy atom. The van der Waals surface area contributed by atoms with Crippen molar-refractivity contribution in [3.05, 3.63) is 35.4 Å². The van der Waals surface area contributed by atoms with Crippen LogP contribution in [0.15, 0.2) is 24.3 Å². The molecule has 2 nitrogen and oxygen atoms in total. The van der Waals surface area contributed by atoms with Gasteiger partial charge in [0.05, 0.1) is 0 Å². The van der Waals surface area contributed by atoms with Crippen LogP contribution in [-0.4, -0.2) is 29.6 Å².